The molecule has 6 nitrogen and oxygen atoms in total. The van der Waals surface area contributed by atoms with Crippen LogP contribution in [0, 0.1) is 5.82 Å². The van der Waals surface area contributed by atoms with Crippen LogP contribution in [-0.4, -0.2) is 21.7 Å². The van der Waals surface area contributed by atoms with Crippen LogP contribution >= 0.6 is 0 Å². The Balaban J connectivity index is 1.45. The Labute approximate surface area is 196 Å². The topological polar surface area (TPSA) is 74.5 Å². The molecule has 2 aromatic carbocycles. The van der Waals surface area contributed by atoms with Gasteiger partial charge in [-0.05, 0) is 49.7 Å². The smallest absolute Gasteiger partial charge is 0.419 e. The summed E-state index contributed by atoms with van der Waals surface area (Å²) in [4.78, 5) is 19.6. The highest BCUT2D eigenvalue weighted by Crippen LogP contribution is 2.38. The first-order chi connectivity index (χ1) is 16.5. The lowest BCUT2D eigenvalue weighted by Gasteiger charge is -2.39. The summed E-state index contributed by atoms with van der Waals surface area (Å²) in [5.41, 5.74) is -1.20. The van der Waals surface area contributed by atoms with E-state index in [1.165, 1.54) is 24.5 Å². The minimum atomic E-state index is -4.84. The summed E-state index contributed by atoms with van der Waals surface area (Å²) >= 11 is 0. The van der Waals surface area contributed by atoms with E-state index < -0.39 is 34.9 Å². The number of hydrogen-bond acceptors (Lipinski definition) is 6. The third kappa shape index (κ3) is 4.43. The number of ether oxygens (including phenoxy) is 2. The highest BCUT2D eigenvalue weighted by Gasteiger charge is 2.39. The first kappa shape index (κ1) is 22.8. The average Bonchev–Trinajstić information content (AvgIpc) is 2.78. The maximum absolute atomic E-state index is 13.7. The van der Waals surface area contributed by atoms with E-state index in [4.69, 9.17) is 13.9 Å². The van der Waals surface area contributed by atoms with Crippen molar-refractivity contribution in [2.24, 2.45) is 0 Å². The zero-order chi connectivity index (χ0) is 25.0. The summed E-state index contributed by atoms with van der Waals surface area (Å²) in [7, 11) is 0. The molecular weight excluding hydrogens is 468 g/mol. The van der Waals surface area contributed by atoms with Crippen molar-refractivity contribution in [3.8, 4) is 22.9 Å². The van der Waals surface area contributed by atoms with E-state index in [1.807, 2.05) is 19.9 Å². The summed E-state index contributed by atoms with van der Waals surface area (Å²) in [6.45, 7) is 3.65. The van der Waals surface area contributed by atoms with Crippen molar-refractivity contribution in [1.82, 2.24) is 9.97 Å². The fourth-order valence-corrected chi connectivity index (χ4v) is 3.99. The van der Waals surface area contributed by atoms with Crippen LogP contribution in [-0.2, 0) is 12.6 Å². The molecule has 180 valence electrons. The lowest BCUT2D eigenvalue weighted by Crippen LogP contribution is -2.49. The molecule has 35 heavy (non-hydrogen) atoms. The normalized spacial score (nSPS) is 17.0. The van der Waals surface area contributed by atoms with Gasteiger partial charge in [0.15, 0.2) is 0 Å². The van der Waals surface area contributed by atoms with Gasteiger partial charge in [0.05, 0.1) is 11.3 Å². The van der Waals surface area contributed by atoms with E-state index in [0.29, 0.717) is 23.8 Å². The molecule has 1 atom stereocenters. The van der Waals surface area contributed by atoms with Gasteiger partial charge in [-0.1, -0.05) is 0 Å². The minimum absolute atomic E-state index is 0.0726. The van der Waals surface area contributed by atoms with Crippen LogP contribution in [0.15, 0.2) is 64.1 Å². The van der Waals surface area contributed by atoms with Crippen molar-refractivity contribution in [2.75, 3.05) is 0 Å². The van der Waals surface area contributed by atoms with Gasteiger partial charge in [0, 0.05) is 35.6 Å². The number of alkyl halides is 3. The highest BCUT2D eigenvalue weighted by molar-refractivity contribution is 5.79. The van der Waals surface area contributed by atoms with Gasteiger partial charge in [0.2, 0.25) is 5.88 Å². The van der Waals surface area contributed by atoms with Crippen LogP contribution in [0.5, 0.6) is 11.6 Å². The Hall–Kier alpha value is -3.95. The second kappa shape index (κ2) is 8.07. The molecule has 10 heteroatoms. The Morgan fingerprint density at radius 3 is 2.63 bits per heavy atom. The molecule has 0 amide bonds. The van der Waals surface area contributed by atoms with E-state index in [2.05, 4.69) is 9.97 Å². The third-order valence-electron chi connectivity index (χ3n) is 5.83. The number of fused-ring (bicyclic) bond motifs is 2. The highest BCUT2D eigenvalue weighted by atomic mass is 19.4. The molecule has 0 saturated carbocycles. The molecule has 2 aromatic heterocycles. The quantitative estimate of drug-likeness (QED) is 0.279. The van der Waals surface area contributed by atoms with E-state index in [-0.39, 0.29) is 17.1 Å². The fourth-order valence-electron chi connectivity index (χ4n) is 3.99. The minimum Gasteiger partial charge on any atom is -0.484 e. The molecule has 4 aromatic rings. The number of rotatable bonds is 3. The van der Waals surface area contributed by atoms with Crippen LogP contribution in [0.25, 0.3) is 22.2 Å². The summed E-state index contributed by atoms with van der Waals surface area (Å²) in [6.07, 6.45) is -3.74. The summed E-state index contributed by atoms with van der Waals surface area (Å²) in [5.74, 6) is -0.672. The van der Waals surface area contributed by atoms with Crippen molar-refractivity contribution < 1.29 is 31.5 Å². The molecule has 0 spiro atoms. The van der Waals surface area contributed by atoms with Gasteiger partial charge in [0.1, 0.15) is 35.2 Å². The maximum atomic E-state index is 13.7. The molecule has 1 aliphatic rings. The number of benzene rings is 2. The van der Waals surface area contributed by atoms with E-state index >= 15 is 0 Å². The molecule has 0 bridgehead atoms. The Kier molecular flexibility index (Phi) is 5.26. The number of aromatic nitrogens is 2. The van der Waals surface area contributed by atoms with Gasteiger partial charge >= 0.3 is 11.8 Å². The van der Waals surface area contributed by atoms with E-state index in [9.17, 15) is 22.4 Å². The van der Waals surface area contributed by atoms with Gasteiger partial charge < -0.3 is 13.9 Å². The zero-order valence-electron chi connectivity index (χ0n) is 18.5. The number of nitrogens with zero attached hydrogens (tertiary/aromatic N) is 2. The van der Waals surface area contributed by atoms with Crippen molar-refractivity contribution in [3.05, 3.63) is 82.2 Å². The Bertz CT molecular complexity index is 1500. The fraction of sp³-hybridized carbons (Fsp3) is 0.240. The average molecular weight is 486 g/mol. The lowest BCUT2D eigenvalue weighted by atomic mass is 9.90. The van der Waals surface area contributed by atoms with Gasteiger partial charge in [-0.15, -0.1) is 0 Å². The zero-order valence-corrected chi connectivity index (χ0v) is 18.5. The van der Waals surface area contributed by atoms with Crippen molar-refractivity contribution in [3.63, 3.8) is 0 Å². The van der Waals surface area contributed by atoms with Crippen LogP contribution < -0.4 is 15.1 Å². The van der Waals surface area contributed by atoms with E-state index in [0.717, 1.165) is 17.0 Å². The van der Waals surface area contributed by atoms with Crippen LogP contribution in [0.1, 0.15) is 25.0 Å². The van der Waals surface area contributed by atoms with Gasteiger partial charge in [-0.3, -0.25) is 0 Å². The van der Waals surface area contributed by atoms with Crippen molar-refractivity contribution >= 4 is 11.0 Å². The number of hydrogen-bond donors (Lipinski definition) is 0. The molecule has 1 unspecified atom stereocenters. The monoisotopic (exact) mass is 486 g/mol. The summed E-state index contributed by atoms with van der Waals surface area (Å²) in [6, 6.07) is 10.6. The van der Waals surface area contributed by atoms with Crippen LogP contribution in [0.4, 0.5) is 17.6 Å². The van der Waals surface area contributed by atoms with Gasteiger partial charge in [-0.2, -0.15) is 13.2 Å². The van der Waals surface area contributed by atoms with E-state index in [1.54, 1.807) is 12.1 Å². The predicted molar refractivity (Wildman–Crippen MR) is 118 cm³/mol. The first-order valence-electron chi connectivity index (χ1n) is 10.6. The van der Waals surface area contributed by atoms with Crippen molar-refractivity contribution in [1.29, 1.82) is 0 Å². The second-order valence-electron chi connectivity index (χ2n) is 8.70. The van der Waals surface area contributed by atoms with Crippen molar-refractivity contribution in [2.45, 2.75) is 38.1 Å². The molecule has 1 aliphatic heterocycles. The molecule has 0 N–H and O–H groups in total. The summed E-state index contributed by atoms with van der Waals surface area (Å²) < 4.78 is 70.5. The third-order valence-corrected chi connectivity index (χ3v) is 5.83. The largest absolute Gasteiger partial charge is 0.484 e. The second-order valence-corrected chi connectivity index (χ2v) is 8.70. The molecule has 0 saturated heterocycles. The Morgan fingerprint density at radius 2 is 1.86 bits per heavy atom. The molecule has 0 aliphatic carbocycles. The molecule has 5 rings (SSSR count). The maximum Gasteiger partial charge on any atom is 0.419 e. The standard InChI is InChI=1S/C25H18F4N2O4/c1-24(2)21(9-15-7-14-4-6-23(32)33-19(14)11-20(15)35-24)34-22-10-18(30-12-31-22)13-3-5-17(26)16(8-13)25(27,28)29/h3-8,10-12,21H,9H2,1-2H3. The van der Waals surface area contributed by atoms with Gasteiger partial charge in [-0.25, -0.2) is 19.2 Å². The lowest BCUT2D eigenvalue weighted by molar-refractivity contribution is -0.139. The molecular formula is C25H18F4N2O4. The van der Waals surface area contributed by atoms with Crippen LogP contribution in [0.3, 0.4) is 0 Å². The molecule has 0 fully saturated rings. The molecule has 3 heterocycles. The summed E-state index contributed by atoms with van der Waals surface area (Å²) in [5, 5.41) is 0.728. The van der Waals surface area contributed by atoms with Gasteiger partial charge in [0.25, 0.3) is 0 Å². The SMILES string of the molecule is CC1(C)Oc2cc3oc(=O)ccc3cc2CC1Oc1cc(-c2ccc(F)c(C(F)(F)F)c2)ncn1. The predicted octanol–water partition coefficient (Wildman–Crippen LogP) is 5.57. The number of halogens is 4. The first-order valence-corrected chi connectivity index (χ1v) is 10.6. The Morgan fingerprint density at radius 1 is 1.06 bits per heavy atom. The molecule has 0 radical (unpaired) electrons. The van der Waals surface area contributed by atoms with Crippen LogP contribution in [0.2, 0.25) is 0 Å².